The van der Waals surface area contributed by atoms with Crippen LogP contribution in [0.3, 0.4) is 0 Å². The number of benzene rings is 1. The van der Waals surface area contributed by atoms with Crippen LogP contribution in [-0.4, -0.2) is 24.5 Å². The van der Waals surface area contributed by atoms with Crippen LogP contribution in [0, 0.1) is 5.41 Å². The molecular weight excluding hydrogens is 224 g/mol. The van der Waals surface area contributed by atoms with Crippen LogP contribution in [0.1, 0.15) is 19.1 Å². The molecule has 3 heteroatoms. The maximum atomic E-state index is 5.86. The van der Waals surface area contributed by atoms with Crippen LogP contribution < -0.4 is 5.73 Å². The number of rotatable bonds is 3. The summed E-state index contributed by atoms with van der Waals surface area (Å²) in [6.45, 7) is 6.12. The lowest BCUT2D eigenvalue weighted by Crippen LogP contribution is -2.31. The number of nitrogens with zero attached hydrogens (tertiary/aromatic N) is 1. The number of furan rings is 1. The summed E-state index contributed by atoms with van der Waals surface area (Å²) in [4.78, 5) is 2.44. The number of fused-ring (bicyclic) bond motifs is 1. The molecule has 3 rings (SSSR count). The first-order valence-corrected chi connectivity index (χ1v) is 6.58. The molecule has 2 heterocycles. The zero-order valence-electron chi connectivity index (χ0n) is 10.9. The summed E-state index contributed by atoms with van der Waals surface area (Å²) in [6, 6.07) is 10.3. The van der Waals surface area contributed by atoms with Gasteiger partial charge in [-0.1, -0.05) is 25.1 Å². The van der Waals surface area contributed by atoms with Gasteiger partial charge in [-0.2, -0.15) is 0 Å². The second-order valence-corrected chi connectivity index (χ2v) is 5.73. The zero-order valence-corrected chi connectivity index (χ0v) is 10.9. The molecule has 1 aliphatic heterocycles. The molecule has 0 radical (unpaired) electrons. The highest BCUT2D eigenvalue weighted by Gasteiger charge is 2.32. The highest BCUT2D eigenvalue weighted by Crippen LogP contribution is 2.30. The van der Waals surface area contributed by atoms with E-state index in [0.717, 1.165) is 37.5 Å². The Labute approximate surface area is 108 Å². The van der Waals surface area contributed by atoms with Gasteiger partial charge >= 0.3 is 0 Å². The number of para-hydroxylation sites is 1. The Balaban J connectivity index is 1.73. The van der Waals surface area contributed by atoms with E-state index < -0.39 is 0 Å². The van der Waals surface area contributed by atoms with Crippen molar-refractivity contribution in [3.8, 4) is 0 Å². The van der Waals surface area contributed by atoms with Gasteiger partial charge in [0.15, 0.2) is 0 Å². The molecule has 1 aromatic carbocycles. The van der Waals surface area contributed by atoms with Gasteiger partial charge in [0.1, 0.15) is 11.3 Å². The van der Waals surface area contributed by atoms with E-state index in [1.165, 1.54) is 11.8 Å². The smallest absolute Gasteiger partial charge is 0.134 e. The molecule has 1 aromatic heterocycles. The van der Waals surface area contributed by atoms with Crippen molar-refractivity contribution in [2.45, 2.75) is 19.9 Å². The largest absolute Gasteiger partial charge is 0.460 e. The maximum absolute atomic E-state index is 5.86. The SMILES string of the molecule is CC1(CN)CCN(Cc2cc3ccccc3o2)C1. The summed E-state index contributed by atoms with van der Waals surface area (Å²) in [5, 5.41) is 1.19. The van der Waals surface area contributed by atoms with Gasteiger partial charge in [-0.05, 0) is 37.1 Å². The van der Waals surface area contributed by atoms with E-state index in [4.69, 9.17) is 10.2 Å². The summed E-state index contributed by atoms with van der Waals surface area (Å²) in [5.41, 5.74) is 7.10. The summed E-state index contributed by atoms with van der Waals surface area (Å²) in [5.74, 6) is 1.05. The lowest BCUT2D eigenvalue weighted by Gasteiger charge is -2.21. The first kappa shape index (κ1) is 11.8. The van der Waals surface area contributed by atoms with Gasteiger partial charge in [0, 0.05) is 11.9 Å². The Morgan fingerprint density at radius 2 is 2.22 bits per heavy atom. The predicted octanol–water partition coefficient (Wildman–Crippen LogP) is 2.60. The van der Waals surface area contributed by atoms with Crippen molar-refractivity contribution in [1.82, 2.24) is 4.90 Å². The van der Waals surface area contributed by atoms with Gasteiger partial charge in [0.25, 0.3) is 0 Å². The number of likely N-dealkylation sites (tertiary alicyclic amines) is 1. The average molecular weight is 244 g/mol. The summed E-state index contributed by atoms with van der Waals surface area (Å²) in [7, 11) is 0. The quantitative estimate of drug-likeness (QED) is 0.902. The van der Waals surface area contributed by atoms with Crippen LogP contribution >= 0.6 is 0 Å². The Morgan fingerprint density at radius 1 is 1.39 bits per heavy atom. The molecule has 1 unspecified atom stereocenters. The zero-order chi connectivity index (χ0) is 12.6. The second kappa shape index (κ2) is 4.41. The van der Waals surface area contributed by atoms with Crippen LogP contribution in [0.2, 0.25) is 0 Å². The molecule has 0 amide bonds. The van der Waals surface area contributed by atoms with Crippen LogP contribution in [0.4, 0.5) is 0 Å². The molecule has 0 aliphatic carbocycles. The van der Waals surface area contributed by atoms with Gasteiger partial charge in [0.05, 0.1) is 6.54 Å². The van der Waals surface area contributed by atoms with Crippen LogP contribution in [-0.2, 0) is 6.54 Å². The maximum Gasteiger partial charge on any atom is 0.134 e. The van der Waals surface area contributed by atoms with Gasteiger partial charge < -0.3 is 10.2 Å². The second-order valence-electron chi connectivity index (χ2n) is 5.73. The lowest BCUT2D eigenvalue weighted by molar-refractivity contribution is 0.258. The van der Waals surface area contributed by atoms with Crippen molar-refractivity contribution in [2.24, 2.45) is 11.1 Å². The lowest BCUT2D eigenvalue weighted by atomic mass is 9.90. The number of nitrogens with two attached hydrogens (primary N) is 1. The minimum absolute atomic E-state index is 0.284. The molecule has 96 valence electrons. The Hall–Kier alpha value is -1.32. The first-order valence-electron chi connectivity index (χ1n) is 6.58. The molecule has 0 bridgehead atoms. The van der Waals surface area contributed by atoms with Crippen molar-refractivity contribution in [3.05, 3.63) is 36.1 Å². The summed E-state index contributed by atoms with van der Waals surface area (Å²) >= 11 is 0. The monoisotopic (exact) mass is 244 g/mol. The molecule has 18 heavy (non-hydrogen) atoms. The van der Waals surface area contributed by atoms with E-state index in [1.54, 1.807) is 0 Å². The summed E-state index contributed by atoms with van der Waals surface area (Å²) in [6.07, 6.45) is 1.18. The van der Waals surface area contributed by atoms with Crippen molar-refractivity contribution in [2.75, 3.05) is 19.6 Å². The Kier molecular flexibility index (Phi) is 2.88. The van der Waals surface area contributed by atoms with E-state index in [1.807, 2.05) is 18.2 Å². The summed E-state index contributed by atoms with van der Waals surface area (Å²) < 4.78 is 5.86. The molecule has 1 fully saturated rings. The van der Waals surface area contributed by atoms with Crippen LogP contribution in [0.5, 0.6) is 0 Å². The predicted molar refractivity (Wildman–Crippen MR) is 73.3 cm³/mol. The average Bonchev–Trinajstić information content (AvgIpc) is 2.93. The van der Waals surface area contributed by atoms with Crippen molar-refractivity contribution < 1.29 is 4.42 Å². The molecule has 0 saturated carbocycles. The van der Waals surface area contributed by atoms with Gasteiger partial charge in [-0.15, -0.1) is 0 Å². The molecule has 1 saturated heterocycles. The third kappa shape index (κ3) is 2.16. The molecule has 0 spiro atoms. The van der Waals surface area contributed by atoms with Gasteiger partial charge in [0.2, 0.25) is 0 Å². The number of hydrogen-bond donors (Lipinski definition) is 1. The normalized spacial score (nSPS) is 25.0. The Morgan fingerprint density at radius 3 is 2.94 bits per heavy atom. The van der Waals surface area contributed by atoms with Crippen molar-refractivity contribution in [1.29, 1.82) is 0 Å². The van der Waals surface area contributed by atoms with E-state index in [2.05, 4.69) is 24.0 Å². The minimum Gasteiger partial charge on any atom is -0.460 e. The standard InChI is InChI=1S/C15H20N2O/c1-15(10-16)6-7-17(11-15)9-13-8-12-4-2-3-5-14(12)18-13/h2-5,8H,6-7,9-11,16H2,1H3. The van der Waals surface area contributed by atoms with Gasteiger partial charge in [-0.25, -0.2) is 0 Å². The van der Waals surface area contributed by atoms with Gasteiger partial charge in [-0.3, -0.25) is 4.90 Å². The topological polar surface area (TPSA) is 42.4 Å². The highest BCUT2D eigenvalue weighted by atomic mass is 16.3. The fourth-order valence-corrected chi connectivity index (χ4v) is 2.76. The highest BCUT2D eigenvalue weighted by molar-refractivity contribution is 5.77. The van der Waals surface area contributed by atoms with E-state index in [-0.39, 0.29) is 5.41 Å². The molecule has 3 nitrogen and oxygen atoms in total. The van der Waals surface area contributed by atoms with Crippen LogP contribution in [0.15, 0.2) is 34.7 Å². The Bertz CT molecular complexity index is 515. The van der Waals surface area contributed by atoms with E-state index >= 15 is 0 Å². The number of hydrogen-bond acceptors (Lipinski definition) is 3. The fourth-order valence-electron chi connectivity index (χ4n) is 2.76. The fraction of sp³-hybridized carbons (Fsp3) is 0.467. The van der Waals surface area contributed by atoms with Crippen LogP contribution in [0.25, 0.3) is 11.0 Å². The van der Waals surface area contributed by atoms with Crippen molar-refractivity contribution in [3.63, 3.8) is 0 Å². The molecule has 1 atom stereocenters. The third-order valence-corrected chi connectivity index (χ3v) is 3.99. The minimum atomic E-state index is 0.284. The van der Waals surface area contributed by atoms with E-state index in [9.17, 15) is 0 Å². The molecule has 2 N–H and O–H groups in total. The third-order valence-electron chi connectivity index (χ3n) is 3.99. The van der Waals surface area contributed by atoms with E-state index in [0.29, 0.717) is 0 Å². The molecular formula is C15H20N2O. The first-order chi connectivity index (χ1) is 8.68. The molecule has 2 aromatic rings. The molecule has 1 aliphatic rings. The van der Waals surface area contributed by atoms with Crippen molar-refractivity contribution >= 4 is 11.0 Å².